The first-order valence-electron chi connectivity index (χ1n) is 10.2. The van der Waals surface area contributed by atoms with E-state index in [4.69, 9.17) is 15.2 Å². The highest BCUT2D eigenvalue weighted by Crippen LogP contribution is 2.39. The molecule has 0 bridgehead atoms. The minimum atomic E-state index is -1.01. The topological polar surface area (TPSA) is 115 Å². The molecule has 2 aromatic carbocycles. The first kappa shape index (κ1) is 22.3. The quantitative estimate of drug-likeness (QED) is 0.361. The maximum atomic E-state index is 11.5. The SMILES string of the molecule is Nc1cccc(C2O[C@H](CSc3ncccc3C(=O)O)C[C@H](c3ccc(CO)cc3)O2)c1. The zero-order valence-corrected chi connectivity index (χ0v) is 18.1. The summed E-state index contributed by atoms with van der Waals surface area (Å²) in [5.41, 5.74) is 9.38. The van der Waals surface area contributed by atoms with E-state index in [0.717, 1.165) is 16.7 Å². The summed E-state index contributed by atoms with van der Waals surface area (Å²) >= 11 is 1.36. The maximum Gasteiger partial charge on any atom is 0.338 e. The molecular formula is C24H24N2O5S. The highest BCUT2D eigenvalue weighted by atomic mass is 32.2. The van der Waals surface area contributed by atoms with Crippen LogP contribution in [-0.2, 0) is 16.1 Å². The number of nitrogens with two attached hydrogens (primary N) is 1. The van der Waals surface area contributed by atoms with Crippen LogP contribution >= 0.6 is 11.8 Å². The zero-order valence-electron chi connectivity index (χ0n) is 17.3. The number of benzene rings is 2. The fourth-order valence-electron chi connectivity index (χ4n) is 3.57. The molecule has 8 heteroatoms. The molecule has 166 valence electrons. The van der Waals surface area contributed by atoms with Crippen LogP contribution < -0.4 is 5.73 Å². The standard InChI is InChI=1S/C24H24N2O5S/c25-18-4-1-3-17(11-18)24-30-19(14-32-22-20(23(28)29)5-2-10-26-22)12-21(31-24)16-8-6-15(13-27)7-9-16/h1-11,19,21,24,27H,12-14,25H2,(H,28,29)/t19-,21+,24?/m0/s1. The minimum absolute atomic E-state index is 0.0178. The second-order valence-corrected chi connectivity index (χ2v) is 8.50. The van der Waals surface area contributed by atoms with Crippen LogP contribution in [0, 0.1) is 0 Å². The number of ether oxygens (including phenoxy) is 2. The highest BCUT2D eigenvalue weighted by molar-refractivity contribution is 7.99. The number of rotatable bonds is 7. The van der Waals surface area contributed by atoms with E-state index in [1.54, 1.807) is 24.4 Å². The molecule has 1 aliphatic heterocycles. The van der Waals surface area contributed by atoms with Gasteiger partial charge in [0.1, 0.15) is 5.03 Å². The number of anilines is 1. The van der Waals surface area contributed by atoms with E-state index in [9.17, 15) is 15.0 Å². The Bertz CT molecular complexity index is 1080. The second kappa shape index (κ2) is 10.1. The summed E-state index contributed by atoms with van der Waals surface area (Å²) in [6, 6.07) is 18.2. The summed E-state index contributed by atoms with van der Waals surface area (Å²) < 4.78 is 12.5. The van der Waals surface area contributed by atoms with Crippen molar-refractivity contribution in [2.24, 2.45) is 0 Å². The molecule has 4 N–H and O–H groups in total. The van der Waals surface area contributed by atoms with Crippen LogP contribution in [0.4, 0.5) is 5.69 Å². The molecule has 32 heavy (non-hydrogen) atoms. The molecule has 0 radical (unpaired) electrons. The van der Waals surface area contributed by atoms with Crippen LogP contribution in [0.5, 0.6) is 0 Å². The molecule has 0 spiro atoms. The average Bonchev–Trinajstić information content (AvgIpc) is 2.82. The molecule has 1 saturated heterocycles. The van der Waals surface area contributed by atoms with Crippen LogP contribution in [0.2, 0.25) is 0 Å². The summed E-state index contributed by atoms with van der Waals surface area (Å²) in [5, 5.41) is 19.2. The largest absolute Gasteiger partial charge is 0.478 e. The number of nitrogens with zero attached hydrogens (tertiary/aromatic N) is 1. The van der Waals surface area contributed by atoms with Crippen molar-refractivity contribution in [2.75, 3.05) is 11.5 Å². The Balaban J connectivity index is 1.55. The van der Waals surface area contributed by atoms with Crippen LogP contribution in [0.3, 0.4) is 0 Å². The van der Waals surface area contributed by atoms with Gasteiger partial charge in [0.15, 0.2) is 6.29 Å². The normalized spacial score (nSPS) is 20.7. The summed E-state index contributed by atoms with van der Waals surface area (Å²) in [7, 11) is 0. The molecule has 3 aromatic rings. The van der Waals surface area contributed by atoms with Gasteiger partial charge >= 0.3 is 5.97 Å². The number of carboxylic acid groups (broad SMARTS) is 1. The Morgan fingerprint density at radius 3 is 2.62 bits per heavy atom. The van der Waals surface area contributed by atoms with Crippen molar-refractivity contribution in [3.8, 4) is 0 Å². The predicted octanol–water partition coefficient (Wildman–Crippen LogP) is 4.19. The number of aromatic carboxylic acids is 1. The van der Waals surface area contributed by atoms with Crippen molar-refractivity contribution in [1.82, 2.24) is 4.98 Å². The summed E-state index contributed by atoms with van der Waals surface area (Å²) in [5.74, 6) is -0.488. The first-order chi connectivity index (χ1) is 15.5. The lowest BCUT2D eigenvalue weighted by molar-refractivity contribution is -0.245. The van der Waals surface area contributed by atoms with Gasteiger partial charge in [-0.3, -0.25) is 0 Å². The minimum Gasteiger partial charge on any atom is -0.478 e. The molecule has 0 saturated carbocycles. The molecule has 1 fully saturated rings. The van der Waals surface area contributed by atoms with Crippen LogP contribution in [0.15, 0.2) is 71.9 Å². The molecule has 0 aliphatic carbocycles. The third kappa shape index (κ3) is 5.28. The fourth-order valence-corrected chi connectivity index (χ4v) is 4.57. The van der Waals surface area contributed by atoms with Gasteiger partial charge in [0.05, 0.1) is 24.4 Å². The van der Waals surface area contributed by atoms with E-state index in [-0.39, 0.29) is 24.4 Å². The van der Waals surface area contributed by atoms with Gasteiger partial charge in [0, 0.05) is 29.6 Å². The van der Waals surface area contributed by atoms with Crippen molar-refractivity contribution in [3.63, 3.8) is 0 Å². The number of aliphatic hydroxyl groups is 1. The van der Waals surface area contributed by atoms with Crippen LogP contribution in [0.1, 0.15) is 45.9 Å². The predicted molar refractivity (Wildman–Crippen MR) is 121 cm³/mol. The average molecular weight is 453 g/mol. The number of carbonyl (C=O) groups is 1. The van der Waals surface area contributed by atoms with Crippen molar-refractivity contribution in [1.29, 1.82) is 0 Å². The number of aromatic nitrogens is 1. The van der Waals surface area contributed by atoms with E-state index in [2.05, 4.69) is 4.98 Å². The van der Waals surface area contributed by atoms with Gasteiger partial charge in [-0.1, -0.05) is 36.4 Å². The van der Waals surface area contributed by atoms with Gasteiger partial charge in [0.2, 0.25) is 0 Å². The number of nitrogen functional groups attached to an aromatic ring is 1. The Hall–Kier alpha value is -2.91. The fraction of sp³-hybridized carbons (Fsp3) is 0.250. The Morgan fingerprint density at radius 2 is 1.91 bits per heavy atom. The maximum absolute atomic E-state index is 11.5. The molecule has 4 rings (SSSR count). The summed E-state index contributed by atoms with van der Waals surface area (Å²) in [6.07, 6.45) is 1.14. The van der Waals surface area contributed by atoms with Crippen molar-refractivity contribution >= 4 is 23.4 Å². The van der Waals surface area contributed by atoms with Crippen LogP contribution in [0.25, 0.3) is 0 Å². The molecule has 2 heterocycles. The molecule has 3 atom stereocenters. The van der Waals surface area contributed by atoms with Gasteiger partial charge in [-0.25, -0.2) is 9.78 Å². The number of pyridine rings is 1. The summed E-state index contributed by atoms with van der Waals surface area (Å²) in [4.78, 5) is 15.7. The number of hydrogen-bond acceptors (Lipinski definition) is 7. The third-order valence-corrected chi connectivity index (χ3v) is 6.34. The van der Waals surface area contributed by atoms with E-state index in [1.165, 1.54) is 11.8 Å². The van der Waals surface area contributed by atoms with Gasteiger partial charge in [0.25, 0.3) is 0 Å². The van der Waals surface area contributed by atoms with E-state index in [0.29, 0.717) is 22.9 Å². The van der Waals surface area contributed by atoms with Gasteiger partial charge < -0.3 is 25.4 Å². The molecule has 1 unspecified atom stereocenters. The van der Waals surface area contributed by atoms with E-state index in [1.807, 2.05) is 42.5 Å². The lowest BCUT2D eigenvalue weighted by atomic mass is 10.0. The monoisotopic (exact) mass is 452 g/mol. The van der Waals surface area contributed by atoms with Crippen LogP contribution in [-0.4, -0.2) is 33.0 Å². The van der Waals surface area contributed by atoms with Crippen molar-refractivity contribution in [2.45, 2.75) is 36.6 Å². The van der Waals surface area contributed by atoms with Crippen molar-refractivity contribution < 1.29 is 24.5 Å². The Kier molecular flexibility index (Phi) is 7.06. The zero-order chi connectivity index (χ0) is 22.5. The van der Waals surface area contributed by atoms with Gasteiger partial charge in [-0.05, 0) is 35.4 Å². The molecule has 7 nitrogen and oxygen atoms in total. The smallest absolute Gasteiger partial charge is 0.338 e. The Labute approximate surface area is 190 Å². The van der Waals surface area contributed by atoms with Gasteiger partial charge in [-0.2, -0.15) is 0 Å². The number of thioether (sulfide) groups is 1. The number of hydrogen-bond donors (Lipinski definition) is 3. The van der Waals surface area contributed by atoms with Crippen molar-refractivity contribution in [3.05, 3.63) is 89.1 Å². The number of carboxylic acids is 1. The lowest BCUT2D eigenvalue weighted by Crippen LogP contribution is -2.31. The molecular weight excluding hydrogens is 428 g/mol. The lowest BCUT2D eigenvalue weighted by Gasteiger charge is -2.36. The Morgan fingerprint density at radius 1 is 1.09 bits per heavy atom. The third-order valence-electron chi connectivity index (χ3n) is 5.21. The first-order valence-corrected chi connectivity index (χ1v) is 11.2. The highest BCUT2D eigenvalue weighted by Gasteiger charge is 2.32. The molecule has 1 aromatic heterocycles. The van der Waals surface area contributed by atoms with E-state index >= 15 is 0 Å². The number of aliphatic hydroxyl groups excluding tert-OH is 1. The second-order valence-electron chi connectivity index (χ2n) is 7.49. The van der Waals surface area contributed by atoms with E-state index < -0.39 is 12.3 Å². The molecule has 1 aliphatic rings. The summed E-state index contributed by atoms with van der Waals surface area (Å²) in [6.45, 7) is -0.0178. The molecule has 0 amide bonds. The van der Waals surface area contributed by atoms with Gasteiger partial charge in [-0.15, -0.1) is 11.8 Å².